The average molecular weight is 221 g/mol. The molecule has 0 aliphatic heterocycles. The van der Waals surface area contributed by atoms with E-state index in [1.165, 1.54) is 12.1 Å². The molecule has 16 heavy (non-hydrogen) atoms. The molecule has 0 amide bonds. The molecule has 86 valence electrons. The molecule has 1 rings (SSSR count). The maximum absolute atomic E-state index is 11.3. The zero-order valence-electron chi connectivity index (χ0n) is 9.47. The molecule has 0 aliphatic rings. The molecule has 0 saturated carbocycles. The molecule has 0 aromatic heterocycles. The smallest absolute Gasteiger partial charge is 0.269 e. The van der Waals surface area contributed by atoms with Crippen LogP contribution in [0.1, 0.15) is 25.8 Å². The summed E-state index contributed by atoms with van der Waals surface area (Å²) in [6, 6.07) is 6.46. The molecule has 4 nitrogen and oxygen atoms in total. The van der Waals surface area contributed by atoms with Crippen LogP contribution in [0.4, 0.5) is 5.69 Å². The van der Waals surface area contributed by atoms with Gasteiger partial charge < -0.3 is 0 Å². The molecule has 0 saturated heterocycles. The van der Waals surface area contributed by atoms with Gasteiger partial charge in [0.1, 0.15) is 5.78 Å². The first-order chi connectivity index (χ1) is 7.54. The number of carbonyl (C=O) groups excluding carboxylic acids is 1. The molecule has 0 aliphatic carbocycles. The van der Waals surface area contributed by atoms with Gasteiger partial charge in [-0.15, -0.1) is 0 Å². The zero-order valence-corrected chi connectivity index (χ0v) is 9.47. The Bertz CT molecular complexity index is 401. The van der Waals surface area contributed by atoms with E-state index in [0.29, 0.717) is 6.42 Å². The molecule has 0 bridgehead atoms. The van der Waals surface area contributed by atoms with Gasteiger partial charge in [0.2, 0.25) is 0 Å². The quantitative estimate of drug-likeness (QED) is 0.567. The highest BCUT2D eigenvalue weighted by Crippen LogP contribution is 2.18. The van der Waals surface area contributed by atoms with Crippen molar-refractivity contribution in [3.05, 3.63) is 39.9 Å². The maximum Gasteiger partial charge on any atom is 0.269 e. The third-order valence-corrected chi connectivity index (χ3v) is 2.67. The number of non-ortho nitro benzene ring substituents is 1. The Kier molecular flexibility index (Phi) is 4.17. The minimum Gasteiger partial charge on any atom is -0.300 e. The van der Waals surface area contributed by atoms with Crippen molar-refractivity contribution in [3.63, 3.8) is 0 Å². The van der Waals surface area contributed by atoms with E-state index in [1.807, 2.05) is 13.0 Å². The lowest BCUT2D eigenvalue weighted by Gasteiger charge is -2.10. The maximum atomic E-state index is 11.3. The third-order valence-electron chi connectivity index (χ3n) is 2.67. The first-order valence-electron chi connectivity index (χ1n) is 5.28. The lowest BCUT2D eigenvalue weighted by atomic mass is 9.93. The van der Waals surface area contributed by atoms with E-state index in [0.717, 1.165) is 12.0 Å². The predicted molar refractivity (Wildman–Crippen MR) is 61.3 cm³/mol. The topological polar surface area (TPSA) is 60.2 Å². The predicted octanol–water partition coefficient (Wildman–Crippen LogP) is 2.75. The molecular formula is C12H15NO3. The first-order valence-corrected chi connectivity index (χ1v) is 5.28. The molecule has 0 radical (unpaired) electrons. The van der Waals surface area contributed by atoms with Crippen molar-refractivity contribution in [2.75, 3.05) is 0 Å². The van der Waals surface area contributed by atoms with Gasteiger partial charge in [0, 0.05) is 18.1 Å². The van der Waals surface area contributed by atoms with Gasteiger partial charge in [0.15, 0.2) is 0 Å². The van der Waals surface area contributed by atoms with Crippen LogP contribution in [0.25, 0.3) is 0 Å². The Labute approximate surface area is 94.4 Å². The molecule has 0 N–H and O–H groups in total. The lowest BCUT2D eigenvalue weighted by Crippen LogP contribution is -2.12. The summed E-state index contributed by atoms with van der Waals surface area (Å²) >= 11 is 0. The molecule has 1 aromatic rings. The van der Waals surface area contributed by atoms with Crippen LogP contribution < -0.4 is 0 Å². The zero-order chi connectivity index (χ0) is 12.1. The summed E-state index contributed by atoms with van der Waals surface area (Å²) in [7, 11) is 0. The van der Waals surface area contributed by atoms with E-state index in [2.05, 4.69) is 0 Å². The third kappa shape index (κ3) is 3.15. The second-order valence-corrected chi connectivity index (χ2v) is 3.85. The summed E-state index contributed by atoms with van der Waals surface area (Å²) in [6.07, 6.45) is 1.34. The monoisotopic (exact) mass is 221 g/mol. The second-order valence-electron chi connectivity index (χ2n) is 3.85. The van der Waals surface area contributed by atoms with E-state index in [-0.39, 0.29) is 17.4 Å². The van der Waals surface area contributed by atoms with Gasteiger partial charge >= 0.3 is 0 Å². The fraction of sp³-hybridized carbons (Fsp3) is 0.417. The SMILES string of the molecule is CCC(Cc1cccc([N+](=O)[O-])c1)C(C)=O. The molecule has 0 spiro atoms. The highest BCUT2D eigenvalue weighted by Gasteiger charge is 2.14. The van der Waals surface area contributed by atoms with Crippen LogP contribution in [0.2, 0.25) is 0 Å². The van der Waals surface area contributed by atoms with Crippen molar-refractivity contribution in [1.29, 1.82) is 0 Å². The second kappa shape index (κ2) is 5.39. The van der Waals surface area contributed by atoms with Crippen molar-refractivity contribution < 1.29 is 9.72 Å². The van der Waals surface area contributed by atoms with E-state index >= 15 is 0 Å². The van der Waals surface area contributed by atoms with Crippen LogP contribution in [0.15, 0.2) is 24.3 Å². The number of Topliss-reactive ketones (excluding diaryl/α,β-unsaturated/α-hetero) is 1. The van der Waals surface area contributed by atoms with Crippen molar-refractivity contribution in [2.45, 2.75) is 26.7 Å². The van der Waals surface area contributed by atoms with Gasteiger partial charge in [-0.1, -0.05) is 19.1 Å². The lowest BCUT2D eigenvalue weighted by molar-refractivity contribution is -0.384. The van der Waals surface area contributed by atoms with E-state index in [1.54, 1.807) is 13.0 Å². The molecule has 4 heteroatoms. The first kappa shape index (κ1) is 12.4. The van der Waals surface area contributed by atoms with Crippen LogP contribution in [0.3, 0.4) is 0 Å². The molecular weight excluding hydrogens is 206 g/mol. The summed E-state index contributed by atoms with van der Waals surface area (Å²) < 4.78 is 0. The minimum atomic E-state index is -0.418. The van der Waals surface area contributed by atoms with Gasteiger partial charge in [-0.05, 0) is 25.3 Å². The molecule has 1 unspecified atom stereocenters. The Morgan fingerprint density at radius 2 is 2.19 bits per heavy atom. The number of hydrogen-bond donors (Lipinski definition) is 0. The average Bonchev–Trinajstić information content (AvgIpc) is 2.25. The van der Waals surface area contributed by atoms with Crippen LogP contribution in [-0.4, -0.2) is 10.7 Å². The highest BCUT2D eigenvalue weighted by atomic mass is 16.6. The van der Waals surface area contributed by atoms with Crippen LogP contribution in [0.5, 0.6) is 0 Å². The Balaban J connectivity index is 2.84. The van der Waals surface area contributed by atoms with Gasteiger partial charge in [-0.25, -0.2) is 0 Å². The molecule has 0 fully saturated rings. The number of benzene rings is 1. The number of hydrogen-bond acceptors (Lipinski definition) is 3. The summed E-state index contributed by atoms with van der Waals surface area (Å²) in [4.78, 5) is 21.4. The Morgan fingerprint density at radius 3 is 2.69 bits per heavy atom. The number of nitrogens with zero attached hydrogens (tertiary/aromatic N) is 1. The van der Waals surface area contributed by atoms with Crippen LogP contribution in [-0.2, 0) is 11.2 Å². The summed E-state index contributed by atoms with van der Waals surface area (Å²) in [5.74, 6) is 0.0935. The van der Waals surface area contributed by atoms with E-state index in [4.69, 9.17) is 0 Å². The fourth-order valence-corrected chi connectivity index (χ4v) is 1.66. The fourth-order valence-electron chi connectivity index (χ4n) is 1.66. The van der Waals surface area contributed by atoms with Crippen molar-refractivity contribution >= 4 is 11.5 Å². The number of carbonyl (C=O) groups is 1. The minimum absolute atomic E-state index is 0.0398. The van der Waals surface area contributed by atoms with Crippen molar-refractivity contribution in [3.8, 4) is 0 Å². The number of nitro groups is 1. The number of ketones is 1. The normalized spacial score (nSPS) is 12.1. The number of rotatable bonds is 5. The summed E-state index contributed by atoms with van der Waals surface area (Å²) in [5, 5.41) is 10.6. The van der Waals surface area contributed by atoms with Gasteiger partial charge in [0.05, 0.1) is 4.92 Å². The molecule has 1 aromatic carbocycles. The largest absolute Gasteiger partial charge is 0.300 e. The standard InChI is InChI=1S/C12H15NO3/c1-3-11(9(2)14)7-10-5-4-6-12(8-10)13(15)16/h4-6,8,11H,3,7H2,1-2H3. The van der Waals surface area contributed by atoms with E-state index < -0.39 is 4.92 Å². The Morgan fingerprint density at radius 1 is 1.50 bits per heavy atom. The van der Waals surface area contributed by atoms with Gasteiger partial charge in [-0.3, -0.25) is 14.9 Å². The summed E-state index contributed by atoms with van der Waals surface area (Å²) in [5.41, 5.74) is 0.923. The number of nitro benzene ring substituents is 1. The van der Waals surface area contributed by atoms with Crippen molar-refractivity contribution in [1.82, 2.24) is 0 Å². The van der Waals surface area contributed by atoms with Crippen LogP contribution >= 0.6 is 0 Å². The van der Waals surface area contributed by atoms with Crippen molar-refractivity contribution in [2.24, 2.45) is 5.92 Å². The van der Waals surface area contributed by atoms with Gasteiger partial charge in [-0.2, -0.15) is 0 Å². The molecule has 0 heterocycles. The molecule has 1 atom stereocenters. The summed E-state index contributed by atoms with van der Waals surface area (Å²) in [6.45, 7) is 3.51. The van der Waals surface area contributed by atoms with E-state index in [9.17, 15) is 14.9 Å². The van der Waals surface area contributed by atoms with Crippen LogP contribution in [0, 0.1) is 16.0 Å². The highest BCUT2D eigenvalue weighted by molar-refractivity contribution is 5.78. The van der Waals surface area contributed by atoms with Gasteiger partial charge in [0.25, 0.3) is 5.69 Å². The Hall–Kier alpha value is -1.71.